The summed E-state index contributed by atoms with van der Waals surface area (Å²) in [4.78, 5) is 2.60. The van der Waals surface area contributed by atoms with Gasteiger partial charge >= 0.3 is 0 Å². The van der Waals surface area contributed by atoms with Gasteiger partial charge in [0.05, 0.1) is 12.2 Å². The fourth-order valence-corrected chi connectivity index (χ4v) is 3.23. The van der Waals surface area contributed by atoms with Crippen molar-refractivity contribution in [2.45, 2.75) is 51.7 Å². The first-order valence-corrected chi connectivity index (χ1v) is 7.83. The van der Waals surface area contributed by atoms with E-state index in [2.05, 4.69) is 49.2 Å². The van der Waals surface area contributed by atoms with Crippen LogP contribution in [0.15, 0.2) is 18.2 Å². The Labute approximate surface area is 122 Å². The van der Waals surface area contributed by atoms with E-state index in [1.54, 1.807) is 0 Å². The van der Waals surface area contributed by atoms with Gasteiger partial charge in [0.1, 0.15) is 11.4 Å². The Morgan fingerprint density at radius 3 is 2.80 bits per heavy atom. The van der Waals surface area contributed by atoms with Gasteiger partial charge in [0.15, 0.2) is 0 Å². The zero-order chi connectivity index (χ0) is 14.2. The number of nitrogens with zero attached hydrogens (tertiary/aromatic N) is 1. The molecule has 0 saturated carbocycles. The normalized spacial score (nSPS) is 22.8. The molecule has 0 aliphatic carbocycles. The maximum absolute atomic E-state index is 6.01. The molecule has 1 atom stereocenters. The standard InChI is InChI=1S/C17H26N2O/c1-13(19-8-4-5-9-19)10-14-6-7-16-15(11-14)18-12-17(2,3)20-16/h6-7,11,13,18H,4-5,8-10,12H2,1-3H3. The summed E-state index contributed by atoms with van der Waals surface area (Å²) in [7, 11) is 0. The second-order valence-electron chi connectivity index (χ2n) is 6.84. The average Bonchev–Trinajstić information content (AvgIpc) is 2.92. The van der Waals surface area contributed by atoms with E-state index in [0.717, 1.165) is 24.4 Å². The van der Waals surface area contributed by atoms with E-state index in [1.165, 1.54) is 31.5 Å². The highest BCUT2D eigenvalue weighted by Gasteiger charge is 2.26. The molecule has 110 valence electrons. The maximum Gasteiger partial charge on any atom is 0.143 e. The number of ether oxygens (including phenoxy) is 1. The molecule has 1 fully saturated rings. The van der Waals surface area contributed by atoms with Crippen molar-refractivity contribution < 1.29 is 4.74 Å². The van der Waals surface area contributed by atoms with E-state index in [9.17, 15) is 0 Å². The van der Waals surface area contributed by atoms with Gasteiger partial charge in [-0.3, -0.25) is 0 Å². The molecule has 0 aromatic heterocycles. The number of likely N-dealkylation sites (tertiary alicyclic amines) is 1. The molecule has 20 heavy (non-hydrogen) atoms. The Kier molecular flexibility index (Phi) is 3.63. The molecule has 1 N–H and O–H groups in total. The number of fused-ring (bicyclic) bond motifs is 1. The first-order chi connectivity index (χ1) is 9.53. The van der Waals surface area contributed by atoms with Gasteiger partial charge in [0.2, 0.25) is 0 Å². The third-order valence-electron chi connectivity index (χ3n) is 4.43. The van der Waals surface area contributed by atoms with Gasteiger partial charge in [0.25, 0.3) is 0 Å². The number of benzene rings is 1. The molecule has 2 aliphatic heterocycles. The Morgan fingerprint density at radius 1 is 1.30 bits per heavy atom. The first kappa shape index (κ1) is 13.7. The van der Waals surface area contributed by atoms with Crippen LogP contribution in [0.1, 0.15) is 39.2 Å². The lowest BCUT2D eigenvalue weighted by atomic mass is 10.0. The van der Waals surface area contributed by atoms with Crippen LogP contribution < -0.4 is 10.1 Å². The van der Waals surface area contributed by atoms with Crippen molar-refractivity contribution in [3.63, 3.8) is 0 Å². The van der Waals surface area contributed by atoms with Crippen LogP contribution >= 0.6 is 0 Å². The summed E-state index contributed by atoms with van der Waals surface area (Å²) in [6, 6.07) is 7.23. The smallest absolute Gasteiger partial charge is 0.143 e. The minimum absolute atomic E-state index is 0.114. The fraction of sp³-hybridized carbons (Fsp3) is 0.647. The molecule has 3 rings (SSSR count). The van der Waals surface area contributed by atoms with E-state index in [0.29, 0.717) is 6.04 Å². The highest BCUT2D eigenvalue weighted by atomic mass is 16.5. The Hall–Kier alpha value is -1.22. The van der Waals surface area contributed by atoms with Gasteiger partial charge in [-0.05, 0) is 70.8 Å². The quantitative estimate of drug-likeness (QED) is 0.915. The van der Waals surface area contributed by atoms with Gasteiger partial charge < -0.3 is 15.0 Å². The van der Waals surface area contributed by atoms with Crippen LogP contribution in [0.5, 0.6) is 5.75 Å². The fourth-order valence-electron chi connectivity index (χ4n) is 3.23. The molecule has 0 radical (unpaired) electrons. The molecule has 3 nitrogen and oxygen atoms in total. The van der Waals surface area contributed by atoms with Crippen LogP contribution in [0.3, 0.4) is 0 Å². The van der Waals surface area contributed by atoms with E-state index in [1.807, 2.05) is 0 Å². The number of nitrogens with one attached hydrogen (secondary N) is 1. The molecule has 0 bridgehead atoms. The van der Waals surface area contributed by atoms with Crippen molar-refractivity contribution in [2.75, 3.05) is 25.0 Å². The van der Waals surface area contributed by atoms with Crippen molar-refractivity contribution >= 4 is 5.69 Å². The summed E-state index contributed by atoms with van der Waals surface area (Å²) in [5.41, 5.74) is 2.44. The zero-order valence-electron chi connectivity index (χ0n) is 12.9. The van der Waals surface area contributed by atoms with Gasteiger partial charge in [-0.2, -0.15) is 0 Å². The maximum atomic E-state index is 6.01. The van der Waals surface area contributed by atoms with Gasteiger partial charge in [-0.15, -0.1) is 0 Å². The molecule has 3 heteroatoms. The Morgan fingerprint density at radius 2 is 2.05 bits per heavy atom. The minimum atomic E-state index is -0.114. The minimum Gasteiger partial charge on any atom is -0.484 e. The van der Waals surface area contributed by atoms with Crippen LogP contribution in [0.2, 0.25) is 0 Å². The Bertz CT molecular complexity index is 478. The molecular weight excluding hydrogens is 248 g/mol. The van der Waals surface area contributed by atoms with Gasteiger partial charge in [0, 0.05) is 6.04 Å². The monoisotopic (exact) mass is 274 g/mol. The number of rotatable bonds is 3. The second-order valence-corrected chi connectivity index (χ2v) is 6.84. The lowest BCUT2D eigenvalue weighted by Crippen LogP contribution is -2.40. The second kappa shape index (κ2) is 5.28. The predicted molar refractivity (Wildman–Crippen MR) is 83.6 cm³/mol. The van der Waals surface area contributed by atoms with Crippen LogP contribution in [-0.2, 0) is 6.42 Å². The van der Waals surface area contributed by atoms with Crippen molar-refractivity contribution in [1.29, 1.82) is 0 Å². The van der Waals surface area contributed by atoms with Crippen molar-refractivity contribution in [1.82, 2.24) is 4.90 Å². The number of hydrogen-bond donors (Lipinski definition) is 1. The molecule has 1 aromatic rings. The van der Waals surface area contributed by atoms with E-state index in [-0.39, 0.29) is 5.60 Å². The number of hydrogen-bond acceptors (Lipinski definition) is 3. The molecule has 0 spiro atoms. The topological polar surface area (TPSA) is 24.5 Å². The largest absolute Gasteiger partial charge is 0.484 e. The SMILES string of the molecule is CC(Cc1ccc2c(c1)NCC(C)(C)O2)N1CCCC1. The van der Waals surface area contributed by atoms with Gasteiger partial charge in [-0.1, -0.05) is 6.07 Å². The van der Waals surface area contributed by atoms with Gasteiger partial charge in [-0.25, -0.2) is 0 Å². The summed E-state index contributed by atoms with van der Waals surface area (Å²) in [6.45, 7) is 9.98. The highest BCUT2D eigenvalue weighted by Crippen LogP contribution is 2.33. The summed E-state index contributed by atoms with van der Waals surface area (Å²) < 4.78 is 6.01. The highest BCUT2D eigenvalue weighted by molar-refractivity contribution is 5.60. The molecule has 2 heterocycles. The van der Waals surface area contributed by atoms with Crippen molar-refractivity contribution in [2.24, 2.45) is 0 Å². The average molecular weight is 274 g/mol. The predicted octanol–water partition coefficient (Wildman–Crippen LogP) is 3.30. The molecule has 2 aliphatic rings. The molecule has 0 amide bonds. The number of anilines is 1. The molecule has 1 aromatic carbocycles. The lowest BCUT2D eigenvalue weighted by Gasteiger charge is -2.34. The van der Waals surface area contributed by atoms with Crippen LogP contribution in [-0.4, -0.2) is 36.2 Å². The molecular formula is C17H26N2O. The van der Waals surface area contributed by atoms with E-state index < -0.39 is 0 Å². The Balaban J connectivity index is 1.69. The molecule has 1 saturated heterocycles. The zero-order valence-corrected chi connectivity index (χ0v) is 12.9. The van der Waals surface area contributed by atoms with Crippen LogP contribution in [0.25, 0.3) is 0 Å². The van der Waals surface area contributed by atoms with E-state index >= 15 is 0 Å². The van der Waals surface area contributed by atoms with Crippen molar-refractivity contribution in [3.8, 4) is 5.75 Å². The summed E-state index contributed by atoms with van der Waals surface area (Å²) in [5.74, 6) is 0.985. The summed E-state index contributed by atoms with van der Waals surface area (Å²) >= 11 is 0. The summed E-state index contributed by atoms with van der Waals surface area (Å²) in [6.07, 6.45) is 3.84. The third kappa shape index (κ3) is 2.93. The lowest BCUT2D eigenvalue weighted by molar-refractivity contribution is 0.116. The van der Waals surface area contributed by atoms with Crippen LogP contribution in [0.4, 0.5) is 5.69 Å². The van der Waals surface area contributed by atoms with Crippen molar-refractivity contribution in [3.05, 3.63) is 23.8 Å². The van der Waals surface area contributed by atoms with Crippen LogP contribution in [0, 0.1) is 0 Å². The molecule has 1 unspecified atom stereocenters. The van der Waals surface area contributed by atoms with E-state index in [4.69, 9.17) is 4.74 Å². The summed E-state index contributed by atoms with van der Waals surface area (Å²) in [5, 5.41) is 3.50. The third-order valence-corrected chi connectivity index (χ3v) is 4.43. The first-order valence-electron chi connectivity index (χ1n) is 7.83.